The molecule has 1 aliphatic rings. The van der Waals surface area contributed by atoms with Gasteiger partial charge in [-0.25, -0.2) is 4.98 Å². The van der Waals surface area contributed by atoms with E-state index < -0.39 is 0 Å². The van der Waals surface area contributed by atoms with Gasteiger partial charge in [-0.05, 0) is 49.1 Å². The average molecular weight is 430 g/mol. The quantitative estimate of drug-likeness (QED) is 0.522. The summed E-state index contributed by atoms with van der Waals surface area (Å²) < 4.78 is 4.49. The number of nitrogens with two attached hydrogens (primary N) is 1. The number of carbonyl (C=O) groups excluding carboxylic acids is 1. The second-order valence-corrected chi connectivity index (χ2v) is 9.44. The minimum atomic E-state index is 0.0446. The number of aryl methyl sites for hydroxylation is 1. The highest BCUT2D eigenvalue weighted by molar-refractivity contribution is 5.98. The zero-order chi connectivity index (χ0) is 22.4. The fourth-order valence-electron chi connectivity index (χ4n) is 4.90. The van der Waals surface area contributed by atoms with E-state index in [0.717, 1.165) is 48.5 Å². The number of para-hydroxylation sites is 1. The van der Waals surface area contributed by atoms with E-state index >= 15 is 0 Å². The van der Waals surface area contributed by atoms with Crippen LogP contribution in [0.4, 0.5) is 0 Å². The normalized spacial score (nSPS) is 17.0. The van der Waals surface area contributed by atoms with E-state index in [1.54, 1.807) is 0 Å². The lowest BCUT2D eigenvalue weighted by atomic mass is 10.1. The molecule has 2 aromatic heterocycles. The number of imidazole rings is 1. The molecule has 4 aromatic rings. The Kier molecular flexibility index (Phi) is 5.25. The zero-order valence-corrected chi connectivity index (χ0v) is 19.1. The van der Waals surface area contributed by atoms with Crippen LogP contribution in [0.3, 0.4) is 0 Å². The topological polar surface area (TPSA) is 69.1 Å². The highest BCUT2D eigenvalue weighted by atomic mass is 16.2. The SMILES string of the molecule is CC(C)Cn1c(-c2nc3cc(C(=O)N4CCC[C@@H](N)C4)ccc3n2C)cc2ccccc21. The lowest BCUT2D eigenvalue weighted by Gasteiger charge is -2.30. The van der Waals surface area contributed by atoms with Crippen LogP contribution in [0.1, 0.15) is 37.0 Å². The number of fused-ring (bicyclic) bond motifs is 2. The molecule has 2 aromatic carbocycles. The first-order valence-corrected chi connectivity index (χ1v) is 11.5. The van der Waals surface area contributed by atoms with E-state index in [1.165, 1.54) is 10.9 Å². The van der Waals surface area contributed by atoms with Crippen molar-refractivity contribution in [1.29, 1.82) is 0 Å². The first kappa shape index (κ1) is 20.8. The zero-order valence-electron chi connectivity index (χ0n) is 19.1. The van der Waals surface area contributed by atoms with Gasteiger partial charge in [0.25, 0.3) is 5.91 Å². The van der Waals surface area contributed by atoms with Crippen molar-refractivity contribution in [1.82, 2.24) is 19.0 Å². The van der Waals surface area contributed by atoms with E-state index in [1.807, 2.05) is 30.1 Å². The number of piperidine rings is 1. The van der Waals surface area contributed by atoms with Crippen LogP contribution in [0, 0.1) is 5.92 Å². The number of benzene rings is 2. The van der Waals surface area contributed by atoms with E-state index in [2.05, 4.69) is 53.3 Å². The molecule has 1 amide bonds. The Hall–Kier alpha value is -3.12. The molecule has 6 nitrogen and oxygen atoms in total. The van der Waals surface area contributed by atoms with E-state index in [-0.39, 0.29) is 11.9 Å². The number of nitrogens with zero attached hydrogens (tertiary/aromatic N) is 4. The summed E-state index contributed by atoms with van der Waals surface area (Å²) in [5.74, 6) is 1.48. The van der Waals surface area contributed by atoms with Crippen molar-refractivity contribution in [3.05, 3.63) is 54.1 Å². The lowest BCUT2D eigenvalue weighted by molar-refractivity contribution is 0.0709. The number of aromatic nitrogens is 3. The van der Waals surface area contributed by atoms with Crippen molar-refractivity contribution in [2.75, 3.05) is 13.1 Å². The summed E-state index contributed by atoms with van der Waals surface area (Å²) in [7, 11) is 2.05. The minimum Gasteiger partial charge on any atom is -0.338 e. The third-order valence-corrected chi connectivity index (χ3v) is 6.46. The third kappa shape index (κ3) is 3.58. The van der Waals surface area contributed by atoms with Gasteiger partial charge in [-0.1, -0.05) is 32.0 Å². The molecule has 1 saturated heterocycles. The first-order chi connectivity index (χ1) is 15.4. The second kappa shape index (κ2) is 8.10. The summed E-state index contributed by atoms with van der Waals surface area (Å²) in [5, 5.41) is 1.22. The molecule has 3 heterocycles. The summed E-state index contributed by atoms with van der Waals surface area (Å²) >= 11 is 0. The highest BCUT2D eigenvalue weighted by Crippen LogP contribution is 2.31. The fraction of sp³-hybridized carbons (Fsp3) is 0.385. The molecule has 1 atom stereocenters. The Labute approximate surface area is 188 Å². The molecule has 0 aliphatic carbocycles. The van der Waals surface area contributed by atoms with Crippen molar-refractivity contribution < 1.29 is 4.79 Å². The fourth-order valence-corrected chi connectivity index (χ4v) is 4.90. The lowest BCUT2D eigenvalue weighted by Crippen LogP contribution is -2.45. The van der Waals surface area contributed by atoms with Crippen molar-refractivity contribution in [3.63, 3.8) is 0 Å². The smallest absolute Gasteiger partial charge is 0.253 e. The Balaban J connectivity index is 1.58. The van der Waals surface area contributed by atoms with E-state index in [9.17, 15) is 4.79 Å². The van der Waals surface area contributed by atoms with Crippen molar-refractivity contribution in [3.8, 4) is 11.5 Å². The van der Waals surface area contributed by atoms with E-state index in [4.69, 9.17) is 10.7 Å². The molecule has 0 radical (unpaired) electrons. The molecular formula is C26H31N5O. The van der Waals surface area contributed by atoms with Crippen LogP contribution < -0.4 is 5.73 Å². The van der Waals surface area contributed by atoms with Gasteiger partial charge in [-0.15, -0.1) is 0 Å². The molecule has 2 N–H and O–H groups in total. The van der Waals surface area contributed by atoms with Crippen LogP contribution in [-0.2, 0) is 13.6 Å². The molecule has 166 valence electrons. The van der Waals surface area contributed by atoms with Gasteiger partial charge in [-0.2, -0.15) is 0 Å². The molecule has 5 rings (SSSR count). The third-order valence-electron chi connectivity index (χ3n) is 6.46. The molecule has 32 heavy (non-hydrogen) atoms. The van der Waals surface area contributed by atoms with Gasteiger partial charge < -0.3 is 19.8 Å². The minimum absolute atomic E-state index is 0.0446. The Morgan fingerprint density at radius 1 is 1.16 bits per heavy atom. The van der Waals surface area contributed by atoms with Crippen LogP contribution in [0.2, 0.25) is 0 Å². The standard InChI is InChI=1S/C26H31N5O/c1-17(2)15-31-22-9-5-4-7-18(22)14-24(31)25-28-21-13-19(10-11-23(21)29(25)3)26(32)30-12-6-8-20(27)16-30/h4-5,7,9-11,13-14,17,20H,6,8,12,15-16,27H2,1-3H3/t20-/m1/s1. The summed E-state index contributed by atoms with van der Waals surface area (Å²) in [6.45, 7) is 6.79. The number of amides is 1. The number of hydrogen-bond acceptors (Lipinski definition) is 3. The van der Waals surface area contributed by atoms with Gasteiger partial charge in [-0.3, -0.25) is 4.79 Å². The summed E-state index contributed by atoms with van der Waals surface area (Å²) in [4.78, 5) is 19.9. The second-order valence-electron chi connectivity index (χ2n) is 9.44. The molecule has 1 fully saturated rings. The predicted molar refractivity (Wildman–Crippen MR) is 130 cm³/mol. The summed E-state index contributed by atoms with van der Waals surface area (Å²) in [6, 6.07) is 16.6. The monoisotopic (exact) mass is 429 g/mol. The Morgan fingerprint density at radius 3 is 2.75 bits per heavy atom. The summed E-state index contributed by atoms with van der Waals surface area (Å²) in [5.41, 5.74) is 11.0. The number of likely N-dealkylation sites (tertiary alicyclic amines) is 1. The molecule has 1 aliphatic heterocycles. The molecule has 0 spiro atoms. The maximum absolute atomic E-state index is 13.1. The maximum Gasteiger partial charge on any atom is 0.253 e. The van der Waals surface area contributed by atoms with Crippen molar-refractivity contribution in [2.45, 2.75) is 39.3 Å². The predicted octanol–water partition coefficient (Wildman–Crippen LogP) is 4.41. The van der Waals surface area contributed by atoms with Crippen LogP contribution in [0.15, 0.2) is 48.5 Å². The van der Waals surface area contributed by atoms with Gasteiger partial charge in [0.05, 0.1) is 16.7 Å². The number of rotatable bonds is 4. The number of carbonyl (C=O) groups is 1. The van der Waals surface area contributed by atoms with Gasteiger partial charge in [0.2, 0.25) is 0 Å². The van der Waals surface area contributed by atoms with Crippen LogP contribution >= 0.6 is 0 Å². The molecule has 0 saturated carbocycles. The average Bonchev–Trinajstić information content (AvgIpc) is 3.30. The molecule has 0 unspecified atom stereocenters. The number of hydrogen-bond donors (Lipinski definition) is 1. The first-order valence-electron chi connectivity index (χ1n) is 11.5. The van der Waals surface area contributed by atoms with Crippen molar-refractivity contribution in [2.24, 2.45) is 18.7 Å². The Morgan fingerprint density at radius 2 is 1.97 bits per heavy atom. The molecular weight excluding hydrogens is 398 g/mol. The van der Waals surface area contributed by atoms with Gasteiger partial charge in [0, 0.05) is 49.2 Å². The highest BCUT2D eigenvalue weighted by Gasteiger charge is 2.23. The van der Waals surface area contributed by atoms with Crippen LogP contribution in [0.5, 0.6) is 0 Å². The van der Waals surface area contributed by atoms with Gasteiger partial charge in [0.1, 0.15) is 0 Å². The Bertz CT molecular complexity index is 1300. The van der Waals surface area contributed by atoms with Crippen LogP contribution in [0.25, 0.3) is 33.5 Å². The maximum atomic E-state index is 13.1. The van der Waals surface area contributed by atoms with Gasteiger partial charge in [0.15, 0.2) is 5.82 Å². The van der Waals surface area contributed by atoms with Gasteiger partial charge >= 0.3 is 0 Å². The molecule has 6 heteroatoms. The van der Waals surface area contributed by atoms with E-state index in [0.29, 0.717) is 18.0 Å². The summed E-state index contributed by atoms with van der Waals surface area (Å²) in [6.07, 6.45) is 1.94. The largest absolute Gasteiger partial charge is 0.338 e. The molecule has 0 bridgehead atoms. The van der Waals surface area contributed by atoms with Crippen molar-refractivity contribution >= 4 is 27.8 Å². The van der Waals surface area contributed by atoms with Crippen LogP contribution in [-0.4, -0.2) is 44.1 Å².